The van der Waals surface area contributed by atoms with Gasteiger partial charge in [0, 0.05) is 12.4 Å². The number of imidazole rings is 1. The molecule has 8 heteroatoms. The number of nitrogens with one attached hydrogen (secondary N) is 2. The Balaban J connectivity index is 1.79. The van der Waals surface area contributed by atoms with Gasteiger partial charge in [-0.15, -0.1) is 11.3 Å². The van der Waals surface area contributed by atoms with Gasteiger partial charge in [-0.1, -0.05) is 12.1 Å². The van der Waals surface area contributed by atoms with Crippen LogP contribution < -0.4 is 5.73 Å². The van der Waals surface area contributed by atoms with Crippen LogP contribution in [-0.2, 0) is 0 Å². The minimum Gasteiger partial charge on any atom is -0.382 e. The van der Waals surface area contributed by atoms with Crippen LogP contribution in [0, 0.1) is 0 Å². The van der Waals surface area contributed by atoms with Crippen LogP contribution >= 0.6 is 11.3 Å². The van der Waals surface area contributed by atoms with Gasteiger partial charge in [-0.25, -0.2) is 15.0 Å². The Morgan fingerprint density at radius 2 is 2.18 bits per heavy atom. The summed E-state index contributed by atoms with van der Waals surface area (Å²) in [7, 11) is 0. The van der Waals surface area contributed by atoms with Gasteiger partial charge in [-0.3, -0.25) is 5.10 Å². The molecule has 1 aromatic carbocycles. The first kappa shape index (κ1) is 12.7. The third-order valence-electron chi connectivity index (χ3n) is 3.12. The molecule has 0 bridgehead atoms. The average Bonchev–Trinajstić information content (AvgIpc) is 3.24. The Hall–Kier alpha value is -3.00. The van der Waals surface area contributed by atoms with E-state index in [9.17, 15) is 0 Å². The highest BCUT2D eigenvalue weighted by Crippen LogP contribution is 2.37. The van der Waals surface area contributed by atoms with E-state index in [2.05, 4.69) is 30.1 Å². The lowest BCUT2D eigenvalue weighted by molar-refractivity contribution is 1.09. The minimum absolute atomic E-state index is 0.380. The topological polar surface area (TPSA) is 109 Å². The second-order valence-electron chi connectivity index (χ2n) is 4.55. The van der Waals surface area contributed by atoms with Crippen molar-refractivity contribution in [2.24, 2.45) is 4.99 Å². The number of anilines is 1. The molecule has 0 saturated heterocycles. The second kappa shape index (κ2) is 5.08. The molecule has 0 spiro atoms. The summed E-state index contributed by atoms with van der Waals surface area (Å²) in [5, 5.41) is 7.66. The lowest BCUT2D eigenvalue weighted by Gasteiger charge is -1.94. The number of H-pyrrole nitrogens is 2. The van der Waals surface area contributed by atoms with Crippen molar-refractivity contribution in [2.75, 3.05) is 5.73 Å². The third kappa shape index (κ3) is 2.15. The SMILES string of the molecule is Nc1n[nH]c(/N=C\c2ncc[nH]2)c1-c1nc2ccccc2s1. The van der Waals surface area contributed by atoms with Gasteiger partial charge in [0.2, 0.25) is 0 Å². The van der Waals surface area contributed by atoms with Crippen LogP contribution in [0.15, 0.2) is 41.7 Å². The summed E-state index contributed by atoms with van der Waals surface area (Å²) in [6, 6.07) is 7.94. The molecule has 7 nitrogen and oxygen atoms in total. The largest absolute Gasteiger partial charge is 0.382 e. The fourth-order valence-electron chi connectivity index (χ4n) is 2.10. The van der Waals surface area contributed by atoms with Gasteiger partial charge in [0.1, 0.15) is 10.8 Å². The van der Waals surface area contributed by atoms with Gasteiger partial charge in [0.15, 0.2) is 11.6 Å². The van der Waals surface area contributed by atoms with E-state index in [1.807, 2.05) is 24.3 Å². The molecule has 4 N–H and O–H groups in total. The molecule has 0 aliphatic heterocycles. The predicted octanol–water partition coefficient (Wildman–Crippen LogP) is 2.74. The highest BCUT2D eigenvalue weighted by Gasteiger charge is 2.16. The summed E-state index contributed by atoms with van der Waals surface area (Å²) in [6.07, 6.45) is 5.01. The molecule has 22 heavy (non-hydrogen) atoms. The number of rotatable bonds is 3. The molecule has 0 atom stereocenters. The first-order valence-electron chi connectivity index (χ1n) is 6.54. The second-order valence-corrected chi connectivity index (χ2v) is 5.58. The van der Waals surface area contributed by atoms with E-state index >= 15 is 0 Å². The summed E-state index contributed by atoms with van der Waals surface area (Å²) < 4.78 is 1.10. The monoisotopic (exact) mass is 309 g/mol. The Morgan fingerprint density at radius 3 is 3.00 bits per heavy atom. The average molecular weight is 309 g/mol. The van der Waals surface area contributed by atoms with Crippen LogP contribution in [0.1, 0.15) is 5.82 Å². The Labute approximate surface area is 129 Å². The molecular weight excluding hydrogens is 298 g/mol. The highest BCUT2D eigenvalue weighted by atomic mass is 32.1. The van der Waals surface area contributed by atoms with Crippen molar-refractivity contribution in [2.45, 2.75) is 0 Å². The van der Waals surface area contributed by atoms with E-state index in [4.69, 9.17) is 5.73 Å². The number of nitrogens with two attached hydrogens (primary N) is 1. The van der Waals surface area contributed by atoms with Crippen LogP contribution in [0.5, 0.6) is 0 Å². The van der Waals surface area contributed by atoms with E-state index in [-0.39, 0.29) is 0 Å². The van der Waals surface area contributed by atoms with E-state index in [0.717, 1.165) is 15.2 Å². The van der Waals surface area contributed by atoms with Crippen LogP contribution in [0.4, 0.5) is 11.6 Å². The number of hydrogen-bond donors (Lipinski definition) is 3. The molecule has 0 aliphatic rings. The van der Waals surface area contributed by atoms with Gasteiger partial charge in [0.05, 0.1) is 22.0 Å². The number of nitrogens with zero attached hydrogens (tertiary/aromatic N) is 4. The summed E-state index contributed by atoms with van der Waals surface area (Å²) in [4.78, 5) is 16.0. The zero-order valence-corrected chi connectivity index (χ0v) is 12.1. The molecule has 0 unspecified atom stereocenters. The fraction of sp³-hybridized carbons (Fsp3) is 0. The van der Waals surface area contributed by atoms with E-state index < -0.39 is 0 Å². The number of fused-ring (bicyclic) bond motifs is 1. The van der Waals surface area contributed by atoms with Crippen molar-refractivity contribution in [3.63, 3.8) is 0 Å². The van der Waals surface area contributed by atoms with Crippen molar-refractivity contribution < 1.29 is 0 Å². The molecule has 0 fully saturated rings. The van der Waals surface area contributed by atoms with Crippen LogP contribution in [0.25, 0.3) is 20.8 Å². The van der Waals surface area contributed by atoms with Gasteiger partial charge in [-0.05, 0) is 12.1 Å². The number of hydrogen-bond acceptors (Lipinski definition) is 6. The zero-order valence-electron chi connectivity index (χ0n) is 11.3. The number of benzene rings is 1. The number of aromatic nitrogens is 5. The number of para-hydroxylation sites is 1. The summed E-state index contributed by atoms with van der Waals surface area (Å²) in [5.74, 6) is 1.60. The van der Waals surface area contributed by atoms with E-state index in [0.29, 0.717) is 23.0 Å². The first-order valence-corrected chi connectivity index (χ1v) is 7.36. The van der Waals surface area contributed by atoms with Gasteiger partial charge < -0.3 is 10.7 Å². The quantitative estimate of drug-likeness (QED) is 0.505. The van der Waals surface area contributed by atoms with Crippen LogP contribution in [0.2, 0.25) is 0 Å². The number of thiazole rings is 1. The molecule has 3 heterocycles. The summed E-state index contributed by atoms with van der Waals surface area (Å²) >= 11 is 1.56. The number of aliphatic imine (C=N–C) groups is 1. The van der Waals surface area contributed by atoms with E-state index in [1.54, 1.807) is 29.9 Å². The van der Waals surface area contributed by atoms with Gasteiger partial charge >= 0.3 is 0 Å². The van der Waals surface area contributed by atoms with Gasteiger partial charge in [-0.2, -0.15) is 5.10 Å². The van der Waals surface area contributed by atoms with Crippen molar-refractivity contribution in [1.82, 2.24) is 25.1 Å². The van der Waals surface area contributed by atoms with Gasteiger partial charge in [0.25, 0.3) is 0 Å². The molecule has 0 radical (unpaired) electrons. The normalized spacial score (nSPS) is 11.6. The Kier molecular flexibility index (Phi) is 2.94. The minimum atomic E-state index is 0.380. The lowest BCUT2D eigenvalue weighted by atomic mass is 10.3. The molecule has 4 aromatic rings. The predicted molar refractivity (Wildman–Crippen MR) is 87.5 cm³/mol. The number of aromatic amines is 2. The maximum atomic E-state index is 5.97. The maximum absolute atomic E-state index is 5.97. The maximum Gasteiger partial charge on any atom is 0.160 e. The molecule has 0 aliphatic carbocycles. The molecule has 0 amide bonds. The van der Waals surface area contributed by atoms with Crippen molar-refractivity contribution in [1.29, 1.82) is 0 Å². The van der Waals surface area contributed by atoms with E-state index in [1.165, 1.54) is 0 Å². The van der Waals surface area contributed by atoms with Crippen molar-refractivity contribution >= 4 is 39.4 Å². The molecule has 0 saturated carbocycles. The first-order chi connectivity index (χ1) is 10.8. The van der Waals surface area contributed by atoms with Crippen LogP contribution in [0.3, 0.4) is 0 Å². The molecule has 4 rings (SSSR count). The fourth-order valence-corrected chi connectivity index (χ4v) is 3.12. The third-order valence-corrected chi connectivity index (χ3v) is 4.17. The number of nitrogen functional groups attached to an aromatic ring is 1. The smallest absolute Gasteiger partial charge is 0.160 e. The lowest BCUT2D eigenvalue weighted by Crippen LogP contribution is -1.87. The molecular formula is C14H11N7S. The highest BCUT2D eigenvalue weighted by molar-refractivity contribution is 7.21. The van der Waals surface area contributed by atoms with Crippen molar-refractivity contribution in [3.05, 3.63) is 42.5 Å². The Morgan fingerprint density at radius 1 is 1.27 bits per heavy atom. The summed E-state index contributed by atoms with van der Waals surface area (Å²) in [5.41, 5.74) is 7.62. The zero-order chi connectivity index (χ0) is 14.9. The summed E-state index contributed by atoms with van der Waals surface area (Å²) in [6.45, 7) is 0. The standard InChI is InChI=1S/C14H11N7S/c15-12-11(14-19-8-3-1-2-4-9(8)22-14)13(21-20-12)18-7-10-16-5-6-17-10/h1-7H,(H,16,17)(H3,15,20,21)/b18-7-. The Bertz CT molecular complexity index is 916. The molecule has 3 aromatic heterocycles. The van der Waals surface area contributed by atoms with Crippen LogP contribution in [-0.4, -0.2) is 31.4 Å². The van der Waals surface area contributed by atoms with Crippen molar-refractivity contribution in [3.8, 4) is 10.6 Å². The molecule has 108 valence electrons.